The topological polar surface area (TPSA) is 42.0 Å². The zero-order chi connectivity index (χ0) is 13.1. The van der Waals surface area contributed by atoms with Crippen LogP contribution in [0.5, 0.6) is 0 Å². The predicted octanol–water partition coefficient (Wildman–Crippen LogP) is 3.70. The lowest BCUT2D eigenvalue weighted by atomic mass is 10.0. The Kier molecular flexibility index (Phi) is 4.14. The summed E-state index contributed by atoms with van der Waals surface area (Å²) in [6.07, 6.45) is 2.06. The average Bonchev–Trinajstić information content (AvgIpc) is 2.69. The minimum atomic E-state index is -0.0365. The number of halogens is 1. The molecule has 1 aromatic heterocycles. The van der Waals surface area contributed by atoms with Crippen LogP contribution in [-0.2, 0) is 11.2 Å². The number of aromatic nitrogens is 1. The number of aryl methyl sites for hydroxylation is 2. The summed E-state index contributed by atoms with van der Waals surface area (Å²) >= 11 is 4.72. The van der Waals surface area contributed by atoms with Gasteiger partial charge in [0.15, 0.2) is 5.13 Å². The Morgan fingerprint density at radius 1 is 1.44 bits per heavy atom. The van der Waals surface area contributed by atoms with Crippen LogP contribution in [0.2, 0.25) is 0 Å². The van der Waals surface area contributed by atoms with Crippen molar-refractivity contribution in [2.75, 3.05) is 5.32 Å². The Morgan fingerprint density at radius 3 is 2.89 bits per heavy atom. The second-order valence-corrected chi connectivity index (χ2v) is 6.53. The maximum atomic E-state index is 11.9. The van der Waals surface area contributed by atoms with Gasteiger partial charge in [-0.3, -0.25) is 4.79 Å². The number of anilines is 1. The lowest BCUT2D eigenvalue weighted by molar-refractivity contribution is -0.115. The number of carbonyl (C=O) groups is 1. The third-order valence-corrected chi connectivity index (χ3v) is 3.97. The first-order valence-electron chi connectivity index (χ1n) is 5.52. The van der Waals surface area contributed by atoms with E-state index in [1.54, 1.807) is 6.20 Å². The number of benzene rings is 1. The molecule has 1 aromatic carbocycles. The van der Waals surface area contributed by atoms with Gasteiger partial charge in [0.05, 0.1) is 16.4 Å². The van der Waals surface area contributed by atoms with E-state index >= 15 is 0 Å². The molecule has 0 aliphatic carbocycles. The number of nitrogens with one attached hydrogen (secondary N) is 1. The summed E-state index contributed by atoms with van der Waals surface area (Å²) < 4.78 is 0.907. The van der Waals surface area contributed by atoms with Crippen molar-refractivity contribution in [2.45, 2.75) is 20.3 Å². The van der Waals surface area contributed by atoms with Crippen molar-refractivity contribution in [1.29, 1.82) is 0 Å². The zero-order valence-electron chi connectivity index (χ0n) is 10.2. The maximum absolute atomic E-state index is 11.9. The van der Waals surface area contributed by atoms with E-state index < -0.39 is 0 Å². The van der Waals surface area contributed by atoms with Crippen molar-refractivity contribution >= 4 is 38.3 Å². The van der Waals surface area contributed by atoms with Crippen LogP contribution in [0.3, 0.4) is 0 Å². The molecule has 1 amide bonds. The van der Waals surface area contributed by atoms with Crippen LogP contribution in [0.15, 0.2) is 28.2 Å². The Morgan fingerprint density at radius 2 is 2.22 bits per heavy atom. The molecule has 2 rings (SSSR count). The molecule has 0 aliphatic heterocycles. The van der Waals surface area contributed by atoms with Gasteiger partial charge >= 0.3 is 0 Å². The molecule has 0 spiro atoms. The molecule has 0 unspecified atom stereocenters. The lowest BCUT2D eigenvalue weighted by Gasteiger charge is -2.06. The van der Waals surface area contributed by atoms with Gasteiger partial charge in [-0.15, -0.1) is 0 Å². The number of carbonyl (C=O) groups excluding carboxylic acids is 1. The predicted molar refractivity (Wildman–Crippen MR) is 78.1 cm³/mol. The summed E-state index contributed by atoms with van der Waals surface area (Å²) in [6, 6.07) is 6.14. The van der Waals surface area contributed by atoms with Crippen molar-refractivity contribution in [3.05, 3.63) is 44.9 Å². The van der Waals surface area contributed by atoms with E-state index in [1.807, 2.05) is 26.0 Å². The first-order valence-corrected chi connectivity index (χ1v) is 7.13. The van der Waals surface area contributed by atoms with Crippen LogP contribution in [0.4, 0.5) is 5.13 Å². The first kappa shape index (κ1) is 13.2. The smallest absolute Gasteiger partial charge is 0.230 e. The van der Waals surface area contributed by atoms with Gasteiger partial charge in [0, 0.05) is 0 Å². The maximum Gasteiger partial charge on any atom is 0.230 e. The molecule has 0 saturated heterocycles. The molecule has 18 heavy (non-hydrogen) atoms. The minimum Gasteiger partial charge on any atom is -0.302 e. The van der Waals surface area contributed by atoms with Crippen LogP contribution >= 0.6 is 27.3 Å². The van der Waals surface area contributed by atoms with Gasteiger partial charge in [0.2, 0.25) is 5.91 Å². The molecule has 5 heteroatoms. The second-order valence-electron chi connectivity index (χ2n) is 4.12. The van der Waals surface area contributed by atoms with E-state index in [4.69, 9.17) is 0 Å². The molecule has 0 aliphatic rings. The Hall–Kier alpha value is -1.20. The SMILES string of the molecule is Cc1ccc(C)c(CC(=O)Nc2ncc(Br)s2)c1. The van der Waals surface area contributed by atoms with Gasteiger partial charge in [-0.05, 0) is 40.9 Å². The van der Waals surface area contributed by atoms with Crippen molar-refractivity contribution < 1.29 is 4.79 Å². The summed E-state index contributed by atoms with van der Waals surface area (Å²) in [7, 11) is 0. The minimum absolute atomic E-state index is 0.0365. The van der Waals surface area contributed by atoms with Crippen molar-refractivity contribution in [2.24, 2.45) is 0 Å². The van der Waals surface area contributed by atoms with Gasteiger partial charge in [-0.25, -0.2) is 4.98 Å². The molecule has 1 N–H and O–H groups in total. The van der Waals surface area contributed by atoms with Crippen LogP contribution in [0.25, 0.3) is 0 Å². The number of amides is 1. The van der Waals surface area contributed by atoms with Gasteiger partial charge in [0.25, 0.3) is 0 Å². The summed E-state index contributed by atoms with van der Waals surface area (Å²) in [5, 5.41) is 3.42. The first-order chi connectivity index (χ1) is 8.54. The van der Waals surface area contributed by atoms with Crippen LogP contribution in [0.1, 0.15) is 16.7 Å². The molecule has 2 aromatic rings. The summed E-state index contributed by atoms with van der Waals surface area (Å²) in [4.78, 5) is 16.0. The van der Waals surface area contributed by atoms with Crippen LogP contribution in [0, 0.1) is 13.8 Å². The Bertz CT molecular complexity index is 580. The molecule has 0 atom stereocenters. The fourth-order valence-corrected chi connectivity index (χ4v) is 2.76. The van der Waals surface area contributed by atoms with Crippen molar-refractivity contribution in [3.63, 3.8) is 0 Å². The third kappa shape index (κ3) is 3.40. The van der Waals surface area contributed by atoms with Gasteiger partial charge in [-0.1, -0.05) is 35.1 Å². The Balaban J connectivity index is 2.05. The number of hydrogen-bond donors (Lipinski definition) is 1. The zero-order valence-corrected chi connectivity index (χ0v) is 12.6. The Labute approximate surface area is 118 Å². The number of nitrogens with zero attached hydrogens (tertiary/aromatic N) is 1. The fourth-order valence-electron chi connectivity index (χ4n) is 1.64. The number of thiazole rings is 1. The van der Waals surface area contributed by atoms with Crippen LogP contribution < -0.4 is 5.32 Å². The molecule has 94 valence electrons. The highest BCUT2D eigenvalue weighted by atomic mass is 79.9. The fraction of sp³-hybridized carbons (Fsp3) is 0.231. The van der Waals surface area contributed by atoms with Gasteiger partial charge in [-0.2, -0.15) is 0 Å². The average molecular weight is 325 g/mol. The molecule has 0 saturated carbocycles. The standard InChI is InChI=1S/C13H13BrN2OS/c1-8-3-4-9(2)10(5-8)6-12(17)16-13-15-7-11(14)18-13/h3-5,7H,6H2,1-2H3,(H,15,16,17). The molecule has 1 heterocycles. The van der Waals surface area contributed by atoms with E-state index in [1.165, 1.54) is 16.9 Å². The van der Waals surface area contributed by atoms with Crippen molar-refractivity contribution in [1.82, 2.24) is 4.98 Å². The van der Waals surface area contributed by atoms with Gasteiger partial charge in [0.1, 0.15) is 0 Å². The number of hydrogen-bond acceptors (Lipinski definition) is 3. The molecular weight excluding hydrogens is 312 g/mol. The van der Waals surface area contributed by atoms with E-state index in [0.717, 1.165) is 14.9 Å². The normalized spacial score (nSPS) is 10.4. The highest BCUT2D eigenvalue weighted by molar-refractivity contribution is 9.11. The number of rotatable bonds is 3. The van der Waals surface area contributed by atoms with Crippen LogP contribution in [-0.4, -0.2) is 10.9 Å². The summed E-state index contributed by atoms with van der Waals surface area (Å²) in [5.74, 6) is -0.0365. The molecule has 0 bridgehead atoms. The second kappa shape index (κ2) is 5.63. The lowest BCUT2D eigenvalue weighted by Crippen LogP contribution is -2.14. The third-order valence-electron chi connectivity index (χ3n) is 2.58. The quantitative estimate of drug-likeness (QED) is 0.935. The molecular formula is C13H13BrN2OS. The van der Waals surface area contributed by atoms with E-state index in [2.05, 4.69) is 32.3 Å². The largest absolute Gasteiger partial charge is 0.302 e. The molecule has 3 nitrogen and oxygen atoms in total. The van der Waals surface area contributed by atoms with Crippen molar-refractivity contribution in [3.8, 4) is 0 Å². The van der Waals surface area contributed by atoms with E-state index in [-0.39, 0.29) is 5.91 Å². The highest BCUT2D eigenvalue weighted by Gasteiger charge is 2.08. The summed E-state index contributed by atoms with van der Waals surface area (Å²) in [6.45, 7) is 4.04. The highest BCUT2D eigenvalue weighted by Crippen LogP contribution is 2.23. The van der Waals surface area contributed by atoms with E-state index in [9.17, 15) is 4.79 Å². The van der Waals surface area contributed by atoms with E-state index in [0.29, 0.717) is 11.6 Å². The van der Waals surface area contributed by atoms with Gasteiger partial charge < -0.3 is 5.32 Å². The monoisotopic (exact) mass is 324 g/mol. The summed E-state index contributed by atoms with van der Waals surface area (Å²) in [5.41, 5.74) is 3.36. The molecule has 0 fully saturated rings. The molecule has 0 radical (unpaired) electrons.